The Bertz CT molecular complexity index is 1800. The Kier molecular flexibility index (Phi) is 8.77. The molecule has 1 aliphatic carbocycles. The van der Waals surface area contributed by atoms with Gasteiger partial charge in [-0.15, -0.1) is 0 Å². The van der Waals surface area contributed by atoms with Crippen molar-refractivity contribution in [1.29, 1.82) is 0 Å². The molecule has 0 fully saturated rings. The standard InChI is InChI=1S/C38H42ClNO6/c1-17(2)28-13-25-9-23-11-27(40(45)46)12-24(35(23)41)10-26-14-29(18(3)4)20(6)31(37(26)43)16-33-22(8)34(39)21(7)32(38(33)44)15-30(19(28)5)36(25)42/h11-14,17-18,41-44H,9-10,15-16H2,1-8H3. The minimum absolute atomic E-state index is 0.0128. The van der Waals surface area contributed by atoms with E-state index >= 15 is 0 Å². The molecule has 46 heavy (non-hydrogen) atoms. The van der Waals surface area contributed by atoms with Gasteiger partial charge in [-0.05, 0) is 84.0 Å². The summed E-state index contributed by atoms with van der Waals surface area (Å²) >= 11 is 6.94. The van der Waals surface area contributed by atoms with E-state index < -0.39 is 4.92 Å². The molecule has 0 aromatic heterocycles. The first kappa shape index (κ1) is 33.1. The van der Waals surface area contributed by atoms with Crippen molar-refractivity contribution >= 4 is 17.3 Å². The van der Waals surface area contributed by atoms with Crippen LogP contribution in [0.15, 0.2) is 24.3 Å². The molecule has 0 amide bonds. The molecule has 1 aliphatic rings. The number of nitrogens with zero attached hydrogens (tertiary/aromatic N) is 1. The molecule has 242 valence electrons. The lowest BCUT2D eigenvalue weighted by Gasteiger charge is -2.25. The number of fused-ring (bicyclic) bond motifs is 8. The zero-order chi connectivity index (χ0) is 33.9. The number of halogens is 1. The summed E-state index contributed by atoms with van der Waals surface area (Å²) in [6, 6.07) is 6.48. The van der Waals surface area contributed by atoms with Crippen molar-refractivity contribution in [1.82, 2.24) is 0 Å². The van der Waals surface area contributed by atoms with Crippen LogP contribution in [0.25, 0.3) is 0 Å². The Morgan fingerprint density at radius 2 is 0.935 bits per heavy atom. The molecule has 0 heterocycles. The van der Waals surface area contributed by atoms with E-state index in [-0.39, 0.29) is 66.2 Å². The molecule has 4 aromatic carbocycles. The van der Waals surface area contributed by atoms with Crippen molar-refractivity contribution in [2.45, 2.75) is 92.9 Å². The van der Waals surface area contributed by atoms with Crippen LogP contribution in [0.3, 0.4) is 0 Å². The van der Waals surface area contributed by atoms with Crippen LogP contribution < -0.4 is 0 Å². The van der Waals surface area contributed by atoms with Gasteiger partial charge in [0, 0.05) is 76.2 Å². The lowest BCUT2D eigenvalue weighted by Crippen LogP contribution is -2.09. The molecule has 0 spiro atoms. The maximum atomic E-state index is 12.1. The van der Waals surface area contributed by atoms with E-state index in [1.54, 1.807) is 0 Å². The van der Waals surface area contributed by atoms with E-state index in [0.717, 1.165) is 22.3 Å². The molecular weight excluding hydrogens is 602 g/mol. The molecule has 4 N–H and O–H groups in total. The Hall–Kier alpha value is -4.23. The third-order valence-corrected chi connectivity index (χ3v) is 10.5. The fraction of sp³-hybridized carbons (Fsp3) is 0.368. The van der Waals surface area contributed by atoms with E-state index in [1.165, 1.54) is 12.1 Å². The Morgan fingerprint density at radius 1 is 0.587 bits per heavy atom. The van der Waals surface area contributed by atoms with Crippen molar-refractivity contribution in [3.8, 4) is 23.0 Å². The van der Waals surface area contributed by atoms with Gasteiger partial charge in [0.05, 0.1) is 4.92 Å². The van der Waals surface area contributed by atoms with Crippen molar-refractivity contribution in [2.24, 2.45) is 0 Å². The van der Waals surface area contributed by atoms with Gasteiger partial charge in [-0.3, -0.25) is 10.1 Å². The summed E-state index contributed by atoms with van der Waals surface area (Å²) in [5, 5.41) is 59.7. The Morgan fingerprint density at radius 3 is 1.28 bits per heavy atom. The SMILES string of the molecule is Cc1c(C(C)C)cc2c(O)c1Cc1c(C)c(Cl)c(C)c(c1O)Cc1c(C)c(C(C)C)cc(c1O)Cc1cc([N+](=O)[O-])cc(c1O)C2. The second kappa shape index (κ2) is 12.2. The highest BCUT2D eigenvalue weighted by atomic mass is 35.5. The van der Waals surface area contributed by atoms with Crippen molar-refractivity contribution in [3.05, 3.63) is 117 Å². The minimum Gasteiger partial charge on any atom is -0.507 e. The van der Waals surface area contributed by atoms with Gasteiger partial charge in [0.15, 0.2) is 0 Å². The maximum absolute atomic E-state index is 12.1. The molecule has 0 aliphatic heterocycles. The van der Waals surface area contributed by atoms with Crippen LogP contribution in [0.4, 0.5) is 5.69 Å². The molecule has 5 rings (SSSR count). The van der Waals surface area contributed by atoms with E-state index in [4.69, 9.17) is 11.6 Å². The van der Waals surface area contributed by atoms with Gasteiger partial charge >= 0.3 is 0 Å². The lowest BCUT2D eigenvalue weighted by molar-refractivity contribution is -0.385. The molecule has 0 saturated carbocycles. The van der Waals surface area contributed by atoms with Crippen LogP contribution >= 0.6 is 11.6 Å². The van der Waals surface area contributed by atoms with Crippen LogP contribution in [0.2, 0.25) is 5.02 Å². The normalized spacial score (nSPS) is 13.0. The zero-order valence-corrected chi connectivity index (χ0v) is 28.5. The molecule has 0 saturated heterocycles. The zero-order valence-electron chi connectivity index (χ0n) is 27.7. The van der Waals surface area contributed by atoms with E-state index in [0.29, 0.717) is 60.7 Å². The summed E-state index contributed by atoms with van der Waals surface area (Å²) < 4.78 is 0. The summed E-state index contributed by atoms with van der Waals surface area (Å²) in [5.41, 5.74) is 8.97. The number of benzene rings is 4. The lowest BCUT2D eigenvalue weighted by atomic mass is 9.82. The highest BCUT2D eigenvalue weighted by molar-refractivity contribution is 6.32. The number of nitro benzene ring substituents is 1. The maximum Gasteiger partial charge on any atom is 0.270 e. The number of aromatic hydroxyl groups is 4. The summed E-state index contributed by atoms with van der Waals surface area (Å²) in [7, 11) is 0. The third-order valence-electron chi connectivity index (χ3n) is 9.92. The van der Waals surface area contributed by atoms with E-state index in [1.807, 2.05) is 39.8 Å². The largest absolute Gasteiger partial charge is 0.507 e. The van der Waals surface area contributed by atoms with Gasteiger partial charge in [0.1, 0.15) is 23.0 Å². The summed E-state index contributed by atoms with van der Waals surface area (Å²) in [6.45, 7) is 15.8. The van der Waals surface area contributed by atoms with Gasteiger partial charge in [-0.2, -0.15) is 0 Å². The quantitative estimate of drug-likeness (QED) is 0.115. The first-order chi connectivity index (χ1) is 21.5. The number of rotatable bonds is 3. The van der Waals surface area contributed by atoms with Crippen LogP contribution in [0.5, 0.6) is 23.0 Å². The molecule has 0 atom stereocenters. The topological polar surface area (TPSA) is 124 Å². The van der Waals surface area contributed by atoms with Gasteiger partial charge in [0.25, 0.3) is 5.69 Å². The van der Waals surface area contributed by atoms with Crippen LogP contribution in [-0.4, -0.2) is 25.3 Å². The van der Waals surface area contributed by atoms with Crippen LogP contribution in [0, 0.1) is 37.8 Å². The Labute approximate surface area is 275 Å². The molecular formula is C38H42ClNO6. The first-order valence-electron chi connectivity index (χ1n) is 15.7. The Balaban J connectivity index is 1.93. The fourth-order valence-corrected chi connectivity index (χ4v) is 7.35. The van der Waals surface area contributed by atoms with Gasteiger partial charge < -0.3 is 20.4 Å². The highest BCUT2D eigenvalue weighted by Gasteiger charge is 2.27. The van der Waals surface area contributed by atoms with Crippen molar-refractivity contribution < 1.29 is 25.3 Å². The van der Waals surface area contributed by atoms with Crippen LogP contribution in [-0.2, 0) is 25.7 Å². The first-order valence-corrected chi connectivity index (χ1v) is 16.1. The van der Waals surface area contributed by atoms with Crippen molar-refractivity contribution in [3.63, 3.8) is 0 Å². The van der Waals surface area contributed by atoms with Gasteiger partial charge in [0.2, 0.25) is 0 Å². The number of hydrogen-bond acceptors (Lipinski definition) is 6. The second-order valence-corrected chi connectivity index (χ2v) is 13.8. The minimum atomic E-state index is -0.491. The number of nitro groups is 1. The molecule has 0 unspecified atom stereocenters. The molecule has 0 radical (unpaired) electrons. The second-order valence-electron chi connectivity index (χ2n) is 13.4. The molecule has 8 bridgehead atoms. The number of phenolic OH excluding ortho intramolecular Hbond substituents is 4. The highest BCUT2D eigenvalue weighted by Crippen LogP contribution is 2.45. The molecule has 4 aromatic rings. The smallest absolute Gasteiger partial charge is 0.270 e. The monoisotopic (exact) mass is 643 g/mol. The van der Waals surface area contributed by atoms with E-state index in [9.17, 15) is 30.5 Å². The summed E-state index contributed by atoms with van der Waals surface area (Å²) in [4.78, 5) is 11.6. The third kappa shape index (κ3) is 5.55. The number of non-ortho nitro benzene ring substituents is 1. The predicted molar refractivity (Wildman–Crippen MR) is 182 cm³/mol. The average molecular weight is 644 g/mol. The van der Waals surface area contributed by atoms with Gasteiger partial charge in [-0.1, -0.05) is 51.4 Å². The molecule has 7 nitrogen and oxygen atoms in total. The average Bonchev–Trinajstić information content (AvgIpc) is 2.98. The summed E-state index contributed by atoms with van der Waals surface area (Å²) in [5.74, 6) is 0.180. The van der Waals surface area contributed by atoms with Crippen molar-refractivity contribution in [2.75, 3.05) is 0 Å². The molecule has 8 heteroatoms. The number of hydrogen-bond donors (Lipinski definition) is 4. The predicted octanol–water partition coefficient (Wildman–Crippen LogP) is 9.23. The number of phenols is 4. The summed E-state index contributed by atoms with van der Waals surface area (Å²) in [6.07, 6.45) is 0.438. The van der Waals surface area contributed by atoms with E-state index in [2.05, 4.69) is 27.7 Å². The fourth-order valence-electron chi connectivity index (χ4n) is 7.12. The van der Waals surface area contributed by atoms with Gasteiger partial charge in [-0.25, -0.2) is 0 Å². The van der Waals surface area contributed by atoms with Crippen LogP contribution in [0.1, 0.15) is 117 Å².